The molecule has 0 N–H and O–H groups in total. The van der Waals surface area contributed by atoms with Gasteiger partial charge in [0.1, 0.15) is 0 Å². The Morgan fingerprint density at radius 2 is 1.90 bits per heavy atom. The van der Waals surface area contributed by atoms with Crippen molar-refractivity contribution >= 4 is 5.78 Å². The number of allylic oxidation sites excluding steroid dienone is 1. The molecule has 3 fully saturated rings. The van der Waals surface area contributed by atoms with Crippen LogP contribution in [-0.4, -0.2) is 5.78 Å². The molecule has 0 aromatic carbocycles. The summed E-state index contributed by atoms with van der Waals surface area (Å²) >= 11 is 0. The van der Waals surface area contributed by atoms with E-state index in [1.54, 1.807) is 0 Å². The van der Waals surface area contributed by atoms with Crippen LogP contribution >= 0.6 is 0 Å². The Bertz CT molecular complexity index is 462. The molecule has 0 aliphatic heterocycles. The number of hydrogen-bond donors (Lipinski definition) is 0. The third-order valence-corrected chi connectivity index (χ3v) is 7.77. The molecular formula is C19H28O. The quantitative estimate of drug-likeness (QED) is 0.621. The van der Waals surface area contributed by atoms with Gasteiger partial charge in [-0.05, 0) is 86.0 Å². The summed E-state index contributed by atoms with van der Waals surface area (Å²) in [6, 6.07) is 0. The molecule has 0 radical (unpaired) electrons. The van der Waals surface area contributed by atoms with Crippen LogP contribution in [0.4, 0.5) is 0 Å². The fraction of sp³-hybridized carbons (Fsp3) is 0.842. The van der Waals surface area contributed by atoms with Crippen molar-refractivity contribution in [3.05, 3.63) is 11.6 Å². The molecule has 1 nitrogen and oxygen atoms in total. The summed E-state index contributed by atoms with van der Waals surface area (Å²) in [7, 11) is 0. The Balaban J connectivity index is 1.63. The first-order valence-electron chi connectivity index (χ1n) is 8.83. The first-order chi connectivity index (χ1) is 9.59. The topological polar surface area (TPSA) is 17.1 Å². The van der Waals surface area contributed by atoms with E-state index in [0.29, 0.717) is 11.2 Å². The third kappa shape index (κ3) is 1.71. The molecule has 1 heteroatoms. The highest BCUT2D eigenvalue weighted by atomic mass is 16.1. The molecule has 110 valence electrons. The van der Waals surface area contributed by atoms with Crippen molar-refractivity contribution in [2.45, 2.75) is 65.2 Å². The highest BCUT2D eigenvalue weighted by Gasteiger charge is 2.54. The molecule has 0 saturated heterocycles. The summed E-state index contributed by atoms with van der Waals surface area (Å²) in [5.41, 5.74) is 2.16. The number of hydrogen-bond acceptors (Lipinski definition) is 1. The van der Waals surface area contributed by atoms with E-state index in [9.17, 15) is 4.79 Å². The second-order valence-corrected chi connectivity index (χ2v) is 8.33. The molecule has 0 aromatic heterocycles. The predicted molar refractivity (Wildman–Crippen MR) is 81.3 cm³/mol. The van der Waals surface area contributed by atoms with Crippen molar-refractivity contribution in [1.82, 2.24) is 0 Å². The van der Waals surface area contributed by atoms with E-state index in [4.69, 9.17) is 0 Å². The van der Waals surface area contributed by atoms with E-state index in [1.165, 1.54) is 44.1 Å². The molecule has 0 amide bonds. The largest absolute Gasteiger partial charge is 0.295 e. The third-order valence-electron chi connectivity index (χ3n) is 7.77. The van der Waals surface area contributed by atoms with Crippen molar-refractivity contribution < 1.29 is 4.79 Å². The second kappa shape index (κ2) is 4.45. The van der Waals surface area contributed by atoms with Gasteiger partial charge in [0, 0.05) is 6.42 Å². The van der Waals surface area contributed by atoms with E-state index in [1.807, 2.05) is 6.08 Å². The van der Waals surface area contributed by atoms with Gasteiger partial charge in [0.25, 0.3) is 0 Å². The lowest BCUT2D eigenvalue weighted by Gasteiger charge is -2.53. The standard InChI is InChI=1S/C19H28O/c1-12-3-8-18-17-6-4-13-11-14(20)5-7-15(13)16(17)9-10-19(12,18)2/h11-12,15-18H,3-10H2,1-2H3/t12-,15?,16?,17?,18?,19+/m0/s1. The van der Waals surface area contributed by atoms with Crippen molar-refractivity contribution in [3.63, 3.8) is 0 Å². The fourth-order valence-corrected chi connectivity index (χ4v) is 6.44. The average molecular weight is 272 g/mol. The summed E-state index contributed by atoms with van der Waals surface area (Å²) in [4.78, 5) is 11.7. The summed E-state index contributed by atoms with van der Waals surface area (Å²) in [5.74, 6) is 4.95. The van der Waals surface area contributed by atoms with Gasteiger partial charge in [0.05, 0.1) is 0 Å². The van der Waals surface area contributed by atoms with Crippen molar-refractivity contribution in [3.8, 4) is 0 Å². The highest BCUT2D eigenvalue weighted by Crippen LogP contribution is 2.63. The van der Waals surface area contributed by atoms with Gasteiger partial charge in [0.15, 0.2) is 5.78 Å². The highest BCUT2D eigenvalue weighted by molar-refractivity contribution is 5.91. The number of ketones is 1. The second-order valence-electron chi connectivity index (χ2n) is 8.33. The molecule has 6 atom stereocenters. The SMILES string of the molecule is C[C@H]1CCC2C3CCC4=CC(=O)CCC4C3CC[C@@]21C. The van der Waals surface area contributed by atoms with Crippen LogP contribution in [0.25, 0.3) is 0 Å². The van der Waals surface area contributed by atoms with Crippen LogP contribution in [0.2, 0.25) is 0 Å². The summed E-state index contributed by atoms with van der Waals surface area (Å²) in [6.07, 6.45) is 12.4. The molecule has 4 aliphatic rings. The van der Waals surface area contributed by atoms with Crippen LogP contribution < -0.4 is 0 Å². The van der Waals surface area contributed by atoms with Gasteiger partial charge < -0.3 is 0 Å². The Hall–Kier alpha value is -0.590. The maximum atomic E-state index is 11.7. The van der Waals surface area contributed by atoms with Crippen LogP contribution in [0.3, 0.4) is 0 Å². The predicted octanol–water partition coefficient (Wildman–Crippen LogP) is 4.76. The molecule has 4 aliphatic carbocycles. The lowest BCUT2D eigenvalue weighted by atomic mass is 9.51. The fourth-order valence-electron chi connectivity index (χ4n) is 6.44. The molecule has 0 heterocycles. The summed E-state index contributed by atoms with van der Waals surface area (Å²) in [5, 5.41) is 0. The molecule has 4 unspecified atom stereocenters. The van der Waals surface area contributed by atoms with E-state index in [0.717, 1.165) is 42.4 Å². The molecule has 0 bridgehead atoms. The molecule has 0 aromatic rings. The van der Waals surface area contributed by atoms with Gasteiger partial charge in [-0.15, -0.1) is 0 Å². The minimum Gasteiger partial charge on any atom is -0.295 e. The summed E-state index contributed by atoms with van der Waals surface area (Å²) < 4.78 is 0. The Kier molecular flexibility index (Phi) is 2.91. The number of carbonyl (C=O) groups excluding carboxylic acids is 1. The van der Waals surface area contributed by atoms with Crippen LogP contribution in [-0.2, 0) is 4.79 Å². The smallest absolute Gasteiger partial charge is 0.155 e. The van der Waals surface area contributed by atoms with Crippen LogP contribution in [0.1, 0.15) is 65.2 Å². The van der Waals surface area contributed by atoms with Gasteiger partial charge in [-0.3, -0.25) is 4.79 Å². The molecular weight excluding hydrogens is 244 g/mol. The Labute approximate surface area is 123 Å². The maximum absolute atomic E-state index is 11.7. The maximum Gasteiger partial charge on any atom is 0.155 e. The first kappa shape index (κ1) is 13.1. The van der Waals surface area contributed by atoms with E-state index >= 15 is 0 Å². The van der Waals surface area contributed by atoms with Gasteiger partial charge >= 0.3 is 0 Å². The molecule has 0 spiro atoms. The minimum absolute atomic E-state index is 0.393. The zero-order chi connectivity index (χ0) is 13.9. The van der Waals surface area contributed by atoms with Crippen molar-refractivity contribution in [2.75, 3.05) is 0 Å². The number of rotatable bonds is 0. The molecule has 3 saturated carbocycles. The van der Waals surface area contributed by atoms with Crippen LogP contribution in [0.5, 0.6) is 0 Å². The monoisotopic (exact) mass is 272 g/mol. The van der Waals surface area contributed by atoms with E-state index < -0.39 is 0 Å². The van der Waals surface area contributed by atoms with Crippen molar-refractivity contribution in [1.29, 1.82) is 0 Å². The normalized spacial score (nSPS) is 51.0. The van der Waals surface area contributed by atoms with Gasteiger partial charge in [0.2, 0.25) is 0 Å². The zero-order valence-corrected chi connectivity index (χ0v) is 13.0. The van der Waals surface area contributed by atoms with E-state index in [2.05, 4.69) is 13.8 Å². The number of carbonyl (C=O) groups is 1. The van der Waals surface area contributed by atoms with Crippen LogP contribution in [0, 0.1) is 35.0 Å². The lowest BCUT2D eigenvalue weighted by Crippen LogP contribution is -2.46. The van der Waals surface area contributed by atoms with Gasteiger partial charge in [-0.2, -0.15) is 0 Å². The Morgan fingerprint density at radius 1 is 1.05 bits per heavy atom. The van der Waals surface area contributed by atoms with Gasteiger partial charge in [-0.25, -0.2) is 0 Å². The molecule has 4 rings (SSSR count). The van der Waals surface area contributed by atoms with Crippen LogP contribution in [0.15, 0.2) is 11.6 Å². The Morgan fingerprint density at radius 3 is 2.75 bits per heavy atom. The first-order valence-corrected chi connectivity index (χ1v) is 8.83. The average Bonchev–Trinajstić information content (AvgIpc) is 2.74. The zero-order valence-electron chi connectivity index (χ0n) is 13.0. The van der Waals surface area contributed by atoms with E-state index in [-0.39, 0.29) is 0 Å². The summed E-state index contributed by atoms with van der Waals surface area (Å²) in [6.45, 7) is 5.08. The van der Waals surface area contributed by atoms with Gasteiger partial charge in [-0.1, -0.05) is 19.4 Å². The molecule has 20 heavy (non-hydrogen) atoms. The number of fused-ring (bicyclic) bond motifs is 5. The minimum atomic E-state index is 0.393. The lowest BCUT2D eigenvalue weighted by molar-refractivity contribution is -0.116. The van der Waals surface area contributed by atoms with Crippen molar-refractivity contribution in [2.24, 2.45) is 35.0 Å².